The number of halogens is 4. The van der Waals surface area contributed by atoms with Gasteiger partial charge >= 0.3 is 5.97 Å². The number of anilines is 1. The van der Waals surface area contributed by atoms with E-state index in [4.69, 9.17) is 23.2 Å². The summed E-state index contributed by atoms with van der Waals surface area (Å²) in [5.41, 5.74) is 0.307. The van der Waals surface area contributed by atoms with E-state index in [0.717, 1.165) is 11.1 Å². The van der Waals surface area contributed by atoms with Gasteiger partial charge in [0.1, 0.15) is 11.5 Å². The zero-order valence-corrected chi connectivity index (χ0v) is 23.6. The van der Waals surface area contributed by atoms with E-state index in [0.29, 0.717) is 6.42 Å². The number of nitrogens with zero attached hydrogens (tertiary/aromatic N) is 1. The summed E-state index contributed by atoms with van der Waals surface area (Å²) in [6.07, 6.45) is -0.0940. The summed E-state index contributed by atoms with van der Waals surface area (Å²) in [6, 6.07) is 9.44. The molecule has 3 heterocycles. The molecule has 40 heavy (non-hydrogen) atoms. The summed E-state index contributed by atoms with van der Waals surface area (Å²) >= 11 is 12.6. The highest BCUT2D eigenvalue weighted by atomic mass is 35.5. The quantitative estimate of drug-likeness (QED) is 0.456. The van der Waals surface area contributed by atoms with Gasteiger partial charge in [0.15, 0.2) is 0 Å². The number of carboxylic acids is 1. The Labute approximate surface area is 240 Å². The van der Waals surface area contributed by atoms with Crippen LogP contribution < -0.4 is 10.6 Å². The van der Waals surface area contributed by atoms with Crippen LogP contribution in [0.2, 0.25) is 10.0 Å². The summed E-state index contributed by atoms with van der Waals surface area (Å²) in [7, 11) is 0. The number of hydrogen-bond acceptors (Lipinski definition) is 4. The molecule has 4 aliphatic rings. The lowest BCUT2D eigenvalue weighted by atomic mass is 9.73. The molecule has 3 aliphatic heterocycles. The molecule has 2 amide bonds. The molecule has 1 aliphatic carbocycles. The number of alkyl halides is 2. The molecule has 1 saturated carbocycles. The largest absolute Gasteiger partial charge is 0.481 e. The first-order chi connectivity index (χ1) is 18.6. The first-order valence-electron chi connectivity index (χ1n) is 13.2. The molecule has 2 aromatic rings. The van der Waals surface area contributed by atoms with Crippen LogP contribution in [-0.4, -0.2) is 52.3 Å². The lowest BCUT2D eigenvalue weighted by Gasteiger charge is -2.35. The molecule has 6 atom stereocenters. The normalized spacial score (nSPS) is 32.1. The number of benzene rings is 2. The number of carbonyl (C=O) groups excluding carboxylic acids is 2. The average molecular weight is 592 g/mol. The van der Waals surface area contributed by atoms with E-state index in [1.807, 2.05) is 18.2 Å². The fourth-order valence-corrected chi connectivity index (χ4v) is 7.58. The number of amides is 2. The van der Waals surface area contributed by atoms with Crippen LogP contribution in [0.15, 0.2) is 36.4 Å². The van der Waals surface area contributed by atoms with Crippen LogP contribution in [0.4, 0.5) is 14.5 Å². The molecular formula is C29H29Cl2F2N3O4. The monoisotopic (exact) mass is 591 g/mol. The fourth-order valence-electron chi connectivity index (χ4n) is 7.04. The Kier molecular flexibility index (Phi) is 6.08. The van der Waals surface area contributed by atoms with Crippen LogP contribution in [0.5, 0.6) is 0 Å². The van der Waals surface area contributed by atoms with Crippen LogP contribution in [-0.2, 0) is 25.3 Å². The number of rotatable bonds is 4. The van der Waals surface area contributed by atoms with E-state index in [1.54, 1.807) is 0 Å². The number of carbonyl (C=O) groups is 3. The van der Waals surface area contributed by atoms with E-state index < -0.39 is 60.1 Å². The first-order valence-corrected chi connectivity index (χ1v) is 14.0. The molecule has 11 heteroatoms. The molecule has 3 fully saturated rings. The van der Waals surface area contributed by atoms with Gasteiger partial charge in [-0.25, -0.2) is 8.78 Å². The van der Waals surface area contributed by atoms with E-state index in [1.165, 1.54) is 17.0 Å². The van der Waals surface area contributed by atoms with Gasteiger partial charge in [0.05, 0.1) is 23.2 Å². The molecule has 2 saturated heterocycles. The van der Waals surface area contributed by atoms with Gasteiger partial charge < -0.3 is 15.7 Å². The molecule has 3 N–H and O–H groups in total. The predicted molar refractivity (Wildman–Crippen MR) is 146 cm³/mol. The van der Waals surface area contributed by atoms with Crippen molar-refractivity contribution in [1.29, 1.82) is 0 Å². The van der Waals surface area contributed by atoms with Crippen molar-refractivity contribution in [2.24, 2.45) is 11.8 Å². The van der Waals surface area contributed by atoms with Crippen LogP contribution in [0.3, 0.4) is 0 Å². The molecule has 0 radical (unpaired) electrons. The Morgan fingerprint density at radius 2 is 1.90 bits per heavy atom. The van der Waals surface area contributed by atoms with Crippen molar-refractivity contribution < 1.29 is 28.3 Å². The number of aliphatic carboxylic acids is 1. The molecule has 2 aromatic carbocycles. The van der Waals surface area contributed by atoms with Crippen LogP contribution in [0, 0.1) is 11.8 Å². The van der Waals surface area contributed by atoms with Gasteiger partial charge in [-0.3, -0.25) is 19.3 Å². The number of nitrogens with one attached hydrogen (secondary N) is 2. The zero-order chi connectivity index (χ0) is 28.9. The summed E-state index contributed by atoms with van der Waals surface area (Å²) in [4.78, 5) is 41.5. The summed E-state index contributed by atoms with van der Waals surface area (Å²) < 4.78 is 29.8. The second-order valence-electron chi connectivity index (χ2n) is 12.5. The SMILES string of the molecule is CC(C)(C)c1cccc(C2CC2NC(=O)C2C3CC(F)(F)CN3C3(C(=O)Nc4c(Cl)cc(Cl)cc43)C2C(=O)O)c1. The molecular weight excluding hydrogens is 563 g/mol. The van der Waals surface area contributed by atoms with Gasteiger partial charge in [0, 0.05) is 35.0 Å². The summed E-state index contributed by atoms with van der Waals surface area (Å²) in [5.74, 6) is -9.11. The van der Waals surface area contributed by atoms with Crippen LogP contribution >= 0.6 is 23.2 Å². The number of hydrogen-bond donors (Lipinski definition) is 3. The highest BCUT2D eigenvalue weighted by Crippen LogP contribution is 2.61. The van der Waals surface area contributed by atoms with Gasteiger partial charge in [-0.2, -0.15) is 0 Å². The Morgan fingerprint density at radius 3 is 2.58 bits per heavy atom. The fraction of sp³-hybridized carbons (Fsp3) is 0.483. The van der Waals surface area contributed by atoms with Crippen molar-refractivity contribution in [3.8, 4) is 0 Å². The molecule has 212 valence electrons. The van der Waals surface area contributed by atoms with E-state index in [2.05, 4.69) is 37.5 Å². The van der Waals surface area contributed by atoms with Gasteiger partial charge in [-0.1, -0.05) is 68.2 Å². The van der Waals surface area contributed by atoms with Crippen molar-refractivity contribution in [3.63, 3.8) is 0 Å². The predicted octanol–water partition coefficient (Wildman–Crippen LogP) is 5.15. The topological polar surface area (TPSA) is 98.7 Å². The molecule has 1 spiro atoms. The van der Waals surface area contributed by atoms with E-state index in [-0.39, 0.29) is 38.7 Å². The zero-order valence-electron chi connectivity index (χ0n) is 22.1. The van der Waals surface area contributed by atoms with Gasteiger partial charge in [0.25, 0.3) is 11.8 Å². The standard InChI is InChI=1S/C29H29Cl2F2N3O4/c1-27(2,3)14-6-4-5-13(7-14)16-10-19(16)34-24(37)21-20-11-28(32,33)12-36(20)29(22(21)25(38)39)17-8-15(30)9-18(31)23(17)35-26(29)40/h4-9,16,19-22H,10-12H2,1-3H3,(H,34,37)(H,35,40)(H,38,39). The summed E-state index contributed by atoms with van der Waals surface area (Å²) in [5, 5.41) is 16.2. The third-order valence-corrected chi connectivity index (χ3v) is 9.42. The number of fused-ring (bicyclic) bond motifs is 4. The minimum absolute atomic E-state index is 0.0270. The third kappa shape index (κ3) is 4.03. The van der Waals surface area contributed by atoms with Gasteiger partial charge in [0.2, 0.25) is 5.91 Å². The maximum Gasteiger partial charge on any atom is 0.310 e. The maximum absolute atomic E-state index is 14.9. The molecule has 7 nitrogen and oxygen atoms in total. The van der Waals surface area contributed by atoms with Crippen LogP contribution in [0.25, 0.3) is 0 Å². The third-order valence-electron chi connectivity index (χ3n) is 8.90. The Balaban J connectivity index is 1.36. The average Bonchev–Trinajstić information content (AvgIpc) is 3.34. The van der Waals surface area contributed by atoms with Crippen molar-refractivity contribution in [2.45, 2.75) is 68.5 Å². The van der Waals surface area contributed by atoms with Crippen molar-refractivity contribution in [3.05, 3.63) is 63.1 Å². The molecule has 6 unspecified atom stereocenters. The number of carboxylic acid groups (broad SMARTS) is 1. The lowest BCUT2D eigenvalue weighted by molar-refractivity contribution is -0.154. The smallest absolute Gasteiger partial charge is 0.310 e. The highest BCUT2D eigenvalue weighted by Gasteiger charge is 2.74. The van der Waals surface area contributed by atoms with Crippen molar-refractivity contribution in [1.82, 2.24) is 10.2 Å². The molecule has 6 rings (SSSR count). The molecule has 0 aromatic heterocycles. The van der Waals surface area contributed by atoms with Gasteiger partial charge in [-0.15, -0.1) is 0 Å². The molecule has 0 bridgehead atoms. The minimum atomic E-state index is -3.22. The summed E-state index contributed by atoms with van der Waals surface area (Å²) in [6.45, 7) is 5.47. The van der Waals surface area contributed by atoms with Gasteiger partial charge in [-0.05, 0) is 35.1 Å². The van der Waals surface area contributed by atoms with Crippen LogP contribution in [0.1, 0.15) is 56.2 Å². The Hall–Kier alpha value is -2.75. The minimum Gasteiger partial charge on any atom is -0.481 e. The highest BCUT2D eigenvalue weighted by molar-refractivity contribution is 6.38. The van der Waals surface area contributed by atoms with E-state index in [9.17, 15) is 28.3 Å². The van der Waals surface area contributed by atoms with Crippen molar-refractivity contribution >= 4 is 46.7 Å². The first kappa shape index (κ1) is 27.4. The maximum atomic E-state index is 14.9. The van der Waals surface area contributed by atoms with Crippen molar-refractivity contribution in [2.75, 3.05) is 11.9 Å². The second kappa shape index (κ2) is 8.87. The Bertz CT molecular complexity index is 1460. The second-order valence-corrected chi connectivity index (χ2v) is 13.3. The lowest BCUT2D eigenvalue weighted by Crippen LogP contribution is -2.54. The Morgan fingerprint density at radius 1 is 1.18 bits per heavy atom. The van der Waals surface area contributed by atoms with E-state index >= 15 is 0 Å².